The first-order valence-corrected chi connectivity index (χ1v) is 11.4. The van der Waals surface area contributed by atoms with Crippen LogP contribution < -0.4 is 10.6 Å². The molecule has 0 saturated carbocycles. The van der Waals surface area contributed by atoms with E-state index in [2.05, 4.69) is 15.6 Å². The molecule has 1 fully saturated rings. The van der Waals surface area contributed by atoms with E-state index >= 15 is 0 Å². The predicted octanol–water partition coefficient (Wildman–Crippen LogP) is 5.32. The minimum atomic E-state index is -4.54. The summed E-state index contributed by atoms with van der Waals surface area (Å²) >= 11 is 5.92. The SMILES string of the molecule is CN/C=C(\C(=N)C(=O)N1CC(F)(F)C[C@@H](C)C1CNc1ccc(C(F)(F)F)cn1)c1ccc(Cl)cc1. The van der Waals surface area contributed by atoms with E-state index in [1.54, 1.807) is 38.2 Å². The van der Waals surface area contributed by atoms with Gasteiger partial charge in [0, 0.05) is 43.0 Å². The molecule has 2 atom stereocenters. The summed E-state index contributed by atoms with van der Waals surface area (Å²) in [6.07, 6.45) is -2.93. The van der Waals surface area contributed by atoms with Gasteiger partial charge in [-0.05, 0) is 35.7 Å². The molecule has 3 N–H and O–H groups in total. The fraction of sp³-hybridized carbons (Fsp3) is 0.375. The van der Waals surface area contributed by atoms with Gasteiger partial charge in [-0.3, -0.25) is 10.2 Å². The number of nitrogens with one attached hydrogen (secondary N) is 3. The van der Waals surface area contributed by atoms with Crippen molar-refractivity contribution in [3.63, 3.8) is 0 Å². The number of carbonyl (C=O) groups is 1. The van der Waals surface area contributed by atoms with Crippen LogP contribution >= 0.6 is 11.6 Å². The van der Waals surface area contributed by atoms with E-state index in [0.717, 1.165) is 17.0 Å². The van der Waals surface area contributed by atoms with Crippen molar-refractivity contribution < 1.29 is 26.7 Å². The van der Waals surface area contributed by atoms with Crippen molar-refractivity contribution in [3.05, 3.63) is 64.9 Å². The zero-order valence-electron chi connectivity index (χ0n) is 19.5. The summed E-state index contributed by atoms with van der Waals surface area (Å²) in [6, 6.07) is 7.60. The number of alkyl halides is 5. The van der Waals surface area contributed by atoms with Gasteiger partial charge in [-0.2, -0.15) is 13.2 Å². The van der Waals surface area contributed by atoms with Gasteiger partial charge in [0.05, 0.1) is 18.2 Å². The van der Waals surface area contributed by atoms with Crippen LogP contribution in [0.4, 0.5) is 27.8 Å². The quantitative estimate of drug-likeness (QED) is 0.335. The van der Waals surface area contributed by atoms with Gasteiger partial charge < -0.3 is 15.5 Å². The van der Waals surface area contributed by atoms with Gasteiger partial charge in [0.1, 0.15) is 11.5 Å². The van der Waals surface area contributed by atoms with Crippen LogP contribution in [0.3, 0.4) is 0 Å². The third kappa shape index (κ3) is 6.51. The van der Waals surface area contributed by atoms with Gasteiger partial charge in [0.15, 0.2) is 0 Å². The summed E-state index contributed by atoms with van der Waals surface area (Å²) in [5, 5.41) is 14.6. The number of hydrogen-bond donors (Lipinski definition) is 3. The number of benzene rings is 1. The lowest BCUT2D eigenvalue weighted by Crippen LogP contribution is -2.58. The van der Waals surface area contributed by atoms with E-state index in [4.69, 9.17) is 17.0 Å². The highest BCUT2D eigenvalue weighted by atomic mass is 35.5. The van der Waals surface area contributed by atoms with E-state index in [9.17, 15) is 26.7 Å². The molecule has 2 aromatic rings. The van der Waals surface area contributed by atoms with E-state index < -0.39 is 54.2 Å². The molecule has 2 heterocycles. The normalized spacial score (nSPS) is 20.1. The Morgan fingerprint density at radius 1 is 1.25 bits per heavy atom. The van der Waals surface area contributed by atoms with Gasteiger partial charge >= 0.3 is 6.18 Å². The molecule has 1 aromatic heterocycles. The van der Waals surface area contributed by atoms with Crippen molar-refractivity contribution >= 4 is 34.6 Å². The Bertz CT molecular complexity index is 1120. The third-order valence-electron chi connectivity index (χ3n) is 5.85. The molecule has 0 aliphatic carbocycles. The number of rotatable bonds is 7. The molecule has 36 heavy (non-hydrogen) atoms. The van der Waals surface area contributed by atoms with Gasteiger partial charge in [0.2, 0.25) is 0 Å². The van der Waals surface area contributed by atoms with Crippen LogP contribution in [0.5, 0.6) is 0 Å². The van der Waals surface area contributed by atoms with Crippen LogP contribution in [0.25, 0.3) is 5.57 Å². The number of aromatic nitrogens is 1. The van der Waals surface area contributed by atoms with Crippen molar-refractivity contribution in [2.24, 2.45) is 5.92 Å². The average molecular weight is 530 g/mol. The highest BCUT2D eigenvalue weighted by Crippen LogP contribution is 2.35. The Labute approximate surface area is 210 Å². The van der Waals surface area contributed by atoms with Crippen molar-refractivity contribution in [2.75, 3.05) is 25.5 Å². The maximum absolute atomic E-state index is 14.5. The van der Waals surface area contributed by atoms with Crippen molar-refractivity contribution in [1.82, 2.24) is 15.2 Å². The largest absolute Gasteiger partial charge is 0.417 e. The van der Waals surface area contributed by atoms with Crippen LogP contribution in [-0.4, -0.2) is 53.6 Å². The number of pyridine rings is 1. The monoisotopic (exact) mass is 529 g/mol. The molecule has 1 saturated heterocycles. The Kier molecular flexibility index (Phi) is 8.22. The van der Waals surface area contributed by atoms with Gasteiger partial charge in [0.25, 0.3) is 11.8 Å². The van der Waals surface area contributed by atoms with E-state index in [1.807, 2.05) is 0 Å². The molecule has 1 unspecified atom stereocenters. The topological polar surface area (TPSA) is 81.1 Å². The smallest absolute Gasteiger partial charge is 0.393 e. The first kappa shape index (κ1) is 27.4. The molecule has 1 aliphatic heterocycles. The molecule has 3 rings (SSSR count). The number of anilines is 1. The van der Waals surface area contributed by atoms with Crippen LogP contribution in [0.15, 0.2) is 48.8 Å². The molecule has 0 bridgehead atoms. The summed E-state index contributed by atoms with van der Waals surface area (Å²) < 4.78 is 67.3. The zero-order valence-corrected chi connectivity index (χ0v) is 20.2. The number of likely N-dealkylation sites (tertiary alicyclic amines) is 1. The molecule has 1 amide bonds. The van der Waals surface area contributed by atoms with Gasteiger partial charge in [-0.1, -0.05) is 30.7 Å². The average Bonchev–Trinajstić information content (AvgIpc) is 2.80. The van der Waals surface area contributed by atoms with Crippen LogP contribution in [0.2, 0.25) is 5.02 Å². The van der Waals surface area contributed by atoms with E-state index in [1.165, 1.54) is 6.20 Å². The van der Waals surface area contributed by atoms with Crippen molar-refractivity contribution in [2.45, 2.75) is 31.5 Å². The molecule has 6 nitrogen and oxygen atoms in total. The highest BCUT2D eigenvalue weighted by Gasteiger charge is 2.46. The lowest BCUT2D eigenvalue weighted by molar-refractivity contribution is -0.145. The fourth-order valence-corrected chi connectivity index (χ4v) is 4.21. The first-order valence-electron chi connectivity index (χ1n) is 11.0. The molecule has 12 heteroatoms. The maximum atomic E-state index is 14.5. The molecule has 194 valence electrons. The highest BCUT2D eigenvalue weighted by molar-refractivity contribution is 6.54. The second-order valence-corrected chi connectivity index (χ2v) is 9.01. The van der Waals surface area contributed by atoms with E-state index in [-0.39, 0.29) is 17.9 Å². The van der Waals surface area contributed by atoms with Crippen LogP contribution in [0, 0.1) is 11.3 Å². The zero-order chi connectivity index (χ0) is 26.7. The Hall–Kier alpha value is -3.21. The van der Waals surface area contributed by atoms with Crippen LogP contribution in [-0.2, 0) is 11.0 Å². The molecule has 0 spiro atoms. The number of carbonyl (C=O) groups excluding carboxylic acids is 1. The molecular formula is C24H25ClF5N5O. The minimum Gasteiger partial charge on any atom is -0.393 e. The van der Waals surface area contributed by atoms with Crippen LogP contribution in [0.1, 0.15) is 24.5 Å². The fourth-order valence-electron chi connectivity index (χ4n) is 4.09. The van der Waals surface area contributed by atoms with E-state index in [0.29, 0.717) is 16.8 Å². The van der Waals surface area contributed by atoms with Crippen molar-refractivity contribution in [3.8, 4) is 0 Å². The second kappa shape index (κ2) is 10.8. The number of piperidine rings is 1. The Morgan fingerprint density at radius 2 is 1.92 bits per heavy atom. The Morgan fingerprint density at radius 3 is 2.47 bits per heavy atom. The first-order chi connectivity index (χ1) is 16.8. The molecule has 0 radical (unpaired) electrons. The summed E-state index contributed by atoms with van der Waals surface area (Å²) in [5.41, 5.74) is -0.728. The molecule has 1 aliphatic rings. The van der Waals surface area contributed by atoms with Gasteiger partial charge in [-0.25, -0.2) is 13.8 Å². The lowest BCUT2D eigenvalue weighted by atomic mass is 9.87. The molecular weight excluding hydrogens is 505 g/mol. The summed E-state index contributed by atoms with van der Waals surface area (Å²) in [4.78, 5) is 18.1. The predicted molar refractivity (Wildman–Crippen MR) is 128 cm³/mol. The van der Waals surface area contributed by atoms with Crippen molar-refractivity contribution in [1.29, 1.82) is 5.41 Å². The summed E-state index contributed by atoms with van der Waals surface area (Å²) in [5.74, 6) is -4.62. The maximum Gasteiger partial charge on any atom is 0.417 e. The summed E-state index contributed by atoms with van der Waals surface area (Å²) in [7, 11) is 1.58. The number of amides is 1. The minimum absolute atomic E-state index is 0.0410. The number of hydrogen-bond acceptors (Lipinski definition) is 5. The van der Waals surface area contributed by atoms with Gasteiger partial charge in [-0.15, -0.1) is 0 Å². The molecule has 1 aromatic carbocycles. The summed E-state index contributed by atoms with van der Waals surface area (Å²) in [6.45, 7) is 0.631. The second-order valence-electron chi connectivity index (χ2n) is 8.58. The third-order valence-corrected chi connectivity index (χ3v) is 6.10. The lowest BCUT2D eigenvalue weighted by Gasteiger charge is -2.43. The Balaban J connectivity index is 1.84. The standard InChI is InChI=1S/C24H25ClF5N5O/c1-14-9-23(26,27)13-35(19(14)12-34-20-8-5-16(10-33-20)24(28,29)30)22(36)21(31)18(11-32-2)15-3-6-17(25)7-4-15/h3-8,10-11,14,19,31-32H,9,12-13H2,1-2H3,(H,33,34)/b18-11-,31-21?/t14-,19?/m1/s1. The number of halogens is 6. The number of nitrogens with zero attached hydrogens (tertiary/aromatic N) is 2.